The van der Waals surface area contributed by atoms with Gasteiger partial charge in [0.05, 0.1) is 20.3 Å². The molecule has 138 valence electrons. The van der Waals surface area contributed by atoms with E-state index in [2.05, 4.69) is 5.32 Å². The normalized spacial score (nSPS) is 10.1. The van der Waals surface area contributed by atoms with Crippen molar-refractivity contribution < 1.29 is 19.1 Å². The molecular weight excluding hydrogens is 332 g/mol. The zero-order valence-electron chi connectivity index (χ0n) is 15.3. The van der Waals surface area contributed by atoms with E-state index in [4.69, 9.17) is 9.47 Å². The molecule has 0 saturated heterocycles. The van der Waals surface area contributed by atoms with Crippen LogP contribution in [0.1, 0.15) is 22.8 Å². The van der Waals surface area contributed by atoms with E-state index in [1.54, 1.807) is 43.3 Å². The minimum atomic E-state index is -0.292. The Morgan fingerprint density at radius 2 is 1.62 bits per heavy atom. The number of nitrogens with zero attached hydrogens (tertiary/aromatic N) is 1. The first-order chi connectivity index (χ1) is 12.5. The van der Waals surface area contributed by atoms with Crippen LogP contribution in [0.5, 0.6) is 11.5 Å². The summed E-state index contributed by atoms with van der Waals surface area (Å²) in [5.41, 5.74) is 1.47. The van der Waals surface area contributed by atoms with Gasteiger partial charge in [0.15, 0.2) is 0 Å². The van der Waals surface area contributed by atoms with Crippen LogP contribution in [0.15, 0.2) is 48.5 Å². The van der Waals surface area contributed by atoms with Crippen molar-refractivity contribution in [3.8, 4) is 11.5 Å². The summed E-state index contributed by atoms with van der Waals surface area (Å²) < 4.78 is 10.5. The SMILES string of the molecule is CCOc1ccc(C(=O)NCC(=O)N(C)Cc2ccc(OC)cc2)cc1. The summed E-state index contributed by atoms with van der Waals surface area (Å²) in [5.74, 6) is 1.02. The summed E-state index contributed by atoms with van der Waals surface area (Å²) in [7, 11) is 3.31. The van der Waals surface area contributed by atoms with Gasteiger partial charge in [-0.3, -0.25) is 9.59 Å². The smallest absolute Gasteiger partial charge is 0.251 e. The lowest BCUT2D eigenvalue weighted by molar-refractivity contribution is -0.129. The molecular formula is C20H24N2O4. The van der Waals surface area contributed by atoms with Crippen LogP contribution in [0.4, 0.5) is 0 Å². The molecule has 1 N–H and O–H groups in total. The fraction of sp³-hybridized carbons (Fsp3) is 0.300. The molecule has 0 aromatic heterocycles. The molecule has 6 nitrogen and oxygen atoms in total. The van der Waals surface area contributed by atoms with Gasteiger partial charge >= 0.3 is 0 Å². The maximum Gasteiger partial charge on any atom is 0.251 e. The van der Waals surface area contributed by atoms with E-state index in [0.29, 0.717) is 24.5 Å². The lowest BCUT2D eigenvalue weighted by atomic mass is 10.2. The van der Waals surface area contributed by atoms with Gasteiger partial charge in [-0.1, -0.05) is 12.1 Å². The number of hydrogen-bond donors (Lipinski definition) is 1. The number of rotatable bonds is 8. The quantitative estimate of drug-likeness (QED) is 0.789. The molecule has 0 bridgehead atoms. The van der Waals surface area contributed by atoms with Gasteiger partial charge in [-0.15, -0.1) is 0 Å². The molecule has 6 heteroatoms. The van der Waals surface area contributed by atoms with Crippen molar-refractivity contribution in [2.24, 2.45) is 0 Å². The van der Waals surface area contributed by atoms with Crippen LogP contribution < -0.4 is 14.8 Å². The van der Waals surface area contributed by atoms with Gasteiger partial charge in [0.2, 0.25) is 5.91 Å². The number of benzene rings is 2. The summed E-state index contributed by atoms with van der Waals surface area (Å²) in [6.07, 6.45) is 0. The maximum absolute atomic E-state index is 12.2. The molecule has 0 unspecified atom stereocenters. The van der Waals surface area contributed by atoms with Crippen LogP contribution in [0, 0.1) is 0 Å². The zero-order chi connectivity index (χ0) is 18.9. The first kappa shape index (κ1) is 19.3. The van der Waals surface area contributed by atoms with Crippen molar-refractivity contribution in [3.63, 3.8) is 0 Å². The number of hydrogen-bond acceptors (Lipinski definition) is 4. The van der Waals surface area contributed by atoms with Gasteiger partial charge in [-0.25, -0.2) is 0 Å². The van der Waals surface area contributed by atoms with Gasteiger partial charge in [-0.2, -0.15) is 0 Å². The second-order valence-electron chi connectivity index (χ2n) is 5.74. The lowest BCUT2D eigenvalue weighted by Gasteiger charge is -2.18. The molecule has 2 rings (SSSR count). The molecule has 0 saturated carbocycles. The van der Waals surface area contributed by atoms with Gasteiger partial charge in [-0.05, 0) is 48.9 Å². The Morgan fingerprint density at radius 3 is 2.19 bits per heavy atom. The number of carbonyl (C=O) groups excluding carboxylic acids is 2. The second kappa shape index (κ2) is 9.46. The highest BCUT2D eigenvalue weighted by Crippen LogP contribution is 2.13. The second-order valence-corrected chi connectivity index (χ2v) is 5.74. The van der Waals surface area contributed by atoms with E-state index in [0.717, 1.165) is 11.3 Å². The fourth-order valence-electron chi connectivity index (χ4n) is 2.36. The Morgan fingerprint density at radius 1 is 1.00 bits per heavy atom. The summed E-state index contributed by atoms with van der Waals surface area (Å²) in [4.78, 5) is 25.9. The topological polar surface area (TPSA) is 67.9 Å². The Hall–Kier alpha value is -3.02. The largest absolute Gasteiger partial charge is 0.497 e. The number of ether oxygens (including phenoxy) is 2. The standard InChI is InChI=1S/C20H24N2O4/c1-4-26-18-11-7-16(8-12-18)20(24)21-13-19(23)22(2)14-15-5-9-17(25-3)10-6-15/h5-12H,4,13-14H2,1-3H3,(H,21,24). The van der Waals surface area contributed by atoms with Crippen LogP contribution in [0.3, 0.4) is 0 Å². The monoisotopic (exact) mass is 356 g/mol. The van der Waals surface area contributed by atoms with Crippen molar-refractivity contribution >= 4 is 11.8 Å². The van der Waals surface area contributed by atoms with E-state index >= 15 is 0 Å². The molecule has 2 aromatic carbocycles. The maximum atomic E-state index is 12.2. The highest BCUT2D eigenvalue weighted by molar-refractivity contribution is 5.96. The van der Waals surface area contributed by atoms with Crippen molar-refractivity contribution in [3.05, 3.63) is 59.7 Å². The Kier molecular flexibility index (Phi) is 7.02. The van der Waals surface area contributed by atoms with Gasteiger partial charge in [0.1, 0.15) is 11.5 Å². The highest BCUT2D eigenvalue weighted by atomic mass is 16.5. The molecule has 0 spiro atoms. The molecule has 0 aliphatic heterocycles. The van der Waals surface area contributed by atoms with Crippen molar-refractivity contribution in [2.75, 3.05) is 27.3 Å². The number of carbonyl (C=O) groups is 2. The highest BCUT2D eigenvalue weighted by Gasteiger charge is 2.12. The van der Waals surface area contributed by atoms with Gasteiger partial charge in [0, 0.05) is 19.2 Å². The molecule has 0 atom stereocenters. The molecule has 0 aliphatic carbocycles. The van der Waals surface area contributed by atoms with Crippen molar-refractivity contribution in [2.45, 2.75) is 13.5 Å². The van der Waals surface area contributed by atoms with E-state index in [1.807, 2.05) is 31.2 Å². The molecule has 2 amide bonds. The lowest BCUT2D eigenvalue weighted by Crippen LogP contribution is -2.37. The fourth-order valence-corrected chi connectivity index (χ4v) is 2.36. The molecule has 0 aliphatic rings. The minimum absolute atomic E-state index is 0.0568. The third-order valence-electron chi connectivity index (χ3n) is 3.83. The van der Waals surface area contributed by atoms with Crippen LogP contribution in [0.25, 0.3) is 0 Å². The van der Waals surface area contributed by atoms with Crippen LogP contribution >= 0.6 is 0 Å². The Labute approximate surface area is 153 Å². The molecule has 26 heavy (non-hydrogen) atoms. The number of nitrogens with one attached hydrogen (secondary N) is 1. The predicted molar refractivity (Wildman–Crippen MR) is 99.4 cm³/mol. The summed E-state index contributed by atoms with van der Waals surface area (Å²) in [6, 6.07) is 14.3. The molecule has 0 radical (unpaired) electrons. The minimum Gasteiger partial charge on any atom is -0.497 e. The first-order valence-electron chi connectivity index (χ1n) is 8.41. The number of likely N-dealkylation sites (N-methyl/N-ethyl adjacent to an activating group) is 1. The van der Waals surface area contributed by atoms with E-state index in [9.17, 15) is 9.59 Å². The summed E-state index contributed by atoms with van der Waals surface area (Å²) in [5, 5.41) is 2.64. The van der Waals surface area contributed by atoms with Gasteiger partial charge < -0.3 is 19.7 Å². The third-order valence-corrected chi connectivity index (χ3v) is 3.83. The summed E-state index contributed by atoms with van der Waals surface area (Å²) in [6.45, 7) is 2.87. The van der Waals surface area contributed by atoms with Crippen molar-refractivity contribution in [1.82, 2.24) is 10.2 Å². The summed E-state index contributed by atoms with van der Waals surface area (Å²) >= 11 is 0. The van der Waals surface area contributed by atoms with Crippen LogP contribution in [-0.2, 0) is 11.3 Å². The number of methoxy groups -OCH3 is 1. The average Bonchev–Trinajstić information content (AvgIpc) is 2.67. The number of amides is 2. The predicted octanol–water partition coefficient (Wildman–Crippen LogP) is 2.48. The molecule has 0 heterocycles. The van der Waals surface area contributed by atoms with Crippen molar-refractivity contribution in [1.29, 1.82) is 0 Å². The van der Waals surface area contributed by atoms with Crippen LogP contribution in [-0.4, -0.2) is 44.0 Å². The molecule has 2 aromatic rings. The average molecular weight is 356 g/mol. The first-order valence-corrected chi connectivity index (χ1v) is 8.41. The molecule has 0 fully saturated rings. The van der Waals surface area contributed by atoms with E-state index in [1.165, 1.54) is 0 Å². The van der Waals surface area contributed by atoms with E-state index < -0.39 is 0 Å². The Balaban J connectivity index is 1.83. The van der Waals surface area contributed by atoms with E-state index in [-0.39, 0.29) is 18.4 Å². The Bertz CT molecular complexity index is 726. The van der Waals surface area contributed by atoms with Crippen LogP contribution in [0.2, 0.25) is 0 Å². The third kappa shape index (κ3) is 5.51. The van der Waals surface area contributed by atoms with Gasteiger partial charge in [0.25, 0.3) is 5.91 Å². The zero-order valence-corrected chi connectivity index (χ0v) is 15.3.